The molecule has 17 heavy (non-hydrogen) atoms. The van der Waals surface area contributed by atoms with Gasteiger partial charge in [0.05, 0.1) is 12.8 Å². The van der Waals surface area contributed by atoms with Gasteiger partial charge in [0.1, 0.15) is 6.07 Å². The molecule has 4 nitrogen and oxygen atoms in total. The maximum absolute atomic E-state index is 12.7. The van der Waals surface area contributed by atoms with E-state index in [2.05, 4.69) is 4.98 Å². The third-order valence-electron chi connectivity index (χ3n) is 2.26. The maximum Gasteiger partial charge on any atom is 0.171 e. The van der Waals surface area contributed by atoms with Crippen molar-refractivity contribution in [2.24, 2.45) is 0 Å². The lowest BCUT2D eigenvalue weighted by molar-refractivity contribution is 0.282. The summed E-state index contributed by atoms with van der Waals surface area (Å²) in [6.45, 7) is -0.0456. The second kappa shape index (κ2) is 4.99. The smallest absolute Gasteiger partial charge is 0.171 e. The molecule has 1 aromatic carbocycles. The van der Waals surface area contributed by atoms with Crippen LogP contribution in [0.2, 0.25) is 0 Å². The molecule has 0 aliphatic rings. The number of nitriles is 1. The van der Waals surface area contributed by atoms with Crippen molar-refractivity contribution in [2.45, 2.75) is 6.61 Å². The number of benzene rings is 1. The minimum absolute atomic E-state index is 0.00991. The minimum Gasteiger partial charge on any atom is -0.392 e. The minimum atomic E-state index is -0.0456. The van der Waals surface area contributed by atoms with E-state index in [1.54, 1.807) is 24.3 Å². The SMILES string of the molecule is N#Cc1cn(SF)c(-c2ccc(CO)cc2)n1. The first-order chi connectivity index (χ1) is 8.28. The number of rotatable bonds is 3. The highest BCUT2D eigenvalue weighted by molar-refractivity contribution is 7.92. The summed E-state index contributed by atoms with van der Waals surface area (Å²) in [5.74, 6) is 0.374. The molecule has 0 atom stereocenters. The van der Waals surface area contributed by atoms with Gasteiger partial charge in [0, 0.05) is 5.56 Å². The van der Waals surface area contributed by atoms with E-state index in [1.165, 1.54) is 10.2 Å². The molecule has 1 N–H and O–H groups in total. The van der Waals surface area contributed by atoms with E-state index in [9.17, 15) is 3.89 Å². The summed E-state index contributed by atoms with van der Waals surface area (Å²) < 4.78 is 13.8. The summed E-state index contributed by atoms with van der Waals surface area (Å²) in [6.07, 6.45) is 1.33. The topological polar surface area (TPSA) is 61.8 Å². The molecule has 0 bridgehead atoms. The molecule has 0 amide bonds. The molecule has 0 spiro atoms. The van der Waals surface area contributed by atoms with Crippen LogP contribution in [-0.2, 0) is 6.61 Å². The summed E-state index contributed by atoms with van der Waals surface area (Å²) in [5, 5.41) is 17.6. The zero-order valence-electron chi connectivity index (χ0n) is 8.67. The number of aliphatic hydroxyl groups is 1. The molecule has 0 saturated heterocycles. The molecule has 0 unspecified atom stereocenters. The van der Waals surface area contributed by atoms with E-state index in [0.29, 0.717) is 11.4 Å². The highest BCUT2D eigenvalue weighted by Gasteiger charge is 2.10. The Hall–Kier alpha value is -1.84. The summed E-state index contributed by atoms with van der Waals surface area (Å²) in [5.41, 5.74) is 1.62. The first-order valence-electron chi connectivity index (χ1n) is 4.77. The Morgan fingerprint density at radius 1 is 1.41 bits per heavy atom. The molecule has 0 saturated carbocycles. The van der Waals surface area contributed by atoms with Crippen LogP contribution in [0.25, 0.3) is 11.4 Å². The number of hydrogen-bond donors (Lipinski definition) is 1. The quantitative estimate of drug-likeness (QED) is 0.906. The number of aromatic nitrogens is 2. The summed E-state index contributed by atoms with van der Waals surface area (Å²) in [6, 6.07) is 8.76. The number of aliphatic hydroxyl groups excluding tert-OH is 1. The number of imidazole rings is 1. The zero-order valence-corrected chi connectivity index (χ0v) is 9.49. The van der Waals surface area contributed by atoms with Gasteiger partial charge < -0.3 is 5.11 Å². The monoisotopic (exact) mass is 249 g/mol. The van der Waals surface area contributed by atoms with Crippen LogP contribution < -0.4 is 0 Å². The van der Waals surface area contributed by atoms with Crippen molar-refractivity contribution in [1.82, 2.24) is 8.96 Å². The Labute approximate surface area is 102 Å². The van der Waals surface area contributed by atoms with Gasteiger partial charge in [-0.2, -0.15) is 5.26 Å². The van der Waals surface area contributed by atoms with Crippen LogP contribution in [0.5, 0.6) is 0 Å². The lowest BCUT2D eigenvalue weighted by Gasteiger charge is -2.02. The average molecular weight is 249 g/mol. The van der Waals surface area contributed by atoms with Gasteiger partial charge in [0.25, 0.3) is 0 Å². The lowest BCUT2D eigenvalue weighted by atomic mass is 10.1. The molecule has 1 heterocycles. The summed E-state index contributed by atoms with van der Waals surface area (Å²) in [7, 11) is 0. The normalized spacial score (nSPS) is 10.2. The number of hydrogen-bond acceptors (Lipinski definition) is 4. The van der Waals surface area contributed by atoms with Crippen LogP contribution in [0.4, 0.5) is 3.89 Å². The van der Waals surface area contributed by atoms with Crippen molar-refractivity contribution in [2.75, 3.05) is 0 Å². The predicted octanol–water partition coefficient (Wildman–Crippen LogP) is 2.29. The summed E-state index contributed by atoms with van der Waals surface area (Å²) >= 11 is -0.00991. The third-order valence-corrected chi connectivity index (χ3v) is 2.69. The van der Waals surface area contributed by atoms with Crippen molar-refractivity contribution in [3.8, 4) is 17.5 Å². The largest absolute Gasteiger partial charge is 0.392 e. The maximum atomic E-state index is 12.7. The van der Waals surface area contributed by atoms with Gasteiger partial charge in [0.15, 0.2) is 23.9 Å². The van der Waals surface area contributed by atoms with Gasteiger partial charge in [-0.05, 0) is 5.56 Å². The molecular formula is C11H8FN3OS. The molecule has 0 aliphatic heterocycles. The molecule has 2 rings (SSSR count). The van der Waals surface area contributed by atoms with Crippen LogP contribution in [0.1, 0.15) is 11.3 Å². The Kier molecular flexibility index (Phi) is 3.42. The molecule has 0 aliphatic carbocycles. The first-order valence-corrected chi connectivity index (χ1v) is 5.44. The highest BCUT2D eigenvalue weighted by Crippen LogP contribution is 2.24. The van der Waals surface area contributed by atoms with Gasteiger partial charge in [-0.3, -0.25) is 0 Å². The van der Waals surface area contributed by atoms with Gasteiger partial charge in [-0.25, -0.2) is 8.96 Å². The fourth-order valence-corrected chi connectivity index (χ4v) is 1.77. The Bertz CT molecular complexity index is 559. The Balaban J connectivity index is 2.44. The number of nitrogens with zero attached hydrogens (tertiary/aromatic N) is 3. The van der Waals surface area contributed by atoms with Gasteiger partial charge >= 0.3 is 0 Å². The van der Waals surface area contributed by atoms with E-state index in [1.807, 2.05) is 6.07 Å². The predicted molar refractivity (Wildman–Crippen MR) is 62.4 cm³/mol. The van der Waals surface area contributed by atoms with Gasteiger partial charge in [0.2, 0.25) is 0 Å². The van der Waals surface area contributed by atoms with E-state index in [4.69, 9.17) is 10.4 Å². The molecule has 0 radical (unpaired) electrons. The van der Waals surface area contributed by atoms with Crippen LogP contribution >= 0.6 is 12.3 Å². The fraction of sp³-hybridized carbons (Fsp3) is 0.0909. The third kappa shape index (κ3) is 2.30. The summed E-state index contributed by atoms with van der Waals surface area (Å²) in [4.78, 5) is 4.00. The molecule has 0 fully saturated rings. The zero-order chi connectivity index (χ0) is 12.3. The van der Waals surface area contributed by atoms with E-state index in [0.717, 1.165) is 5.56 Å². The molecule has 86 valence electrons. The molecule has 2 aromatic rings. The Morgan fingerprint density at radius 2 is 2.12 bits per heavy atom. The first kappa shape index (κ1) is 11.6. The van der Waals surface area contributed by atoms with Gasteiger partial charge in [-0.1, -0.05) is 24.3 Å². The Morgan fingerprint density at radius 3 is 2.65 bits per heavy atom. The highest BCUT2D eigenvalue weighted by atomic mass is 32.2. The molecular weight excluding hydrogens is 241 g/mol. The number of halogens is 1. The second-order valence-electron chi connectivity index (χ2n) is 3.31. The van der Waals surface area contributed by atoms with E-state index in [-0.39, 0.29) is 24.6 Å². The van der Waals surface area contributed by atoms with E-state index < -0.39 is 0 Å². The second-order valence-corrected chi connectivity index (χ2v) is 3.84. The van der Waals surface area contributed by atoms with Gasteiger partial charge in [-0.15, -0.1) is 3.89 Å². The van der Waals surface area contributed by atoms with Crippen LogP contribution in [0, 0.1) is 11.3 Å². The van der Waals surface area contributed by atoms with Crippen molar-refractivity contribution in [1.29, 1.82) is 5.26 Å². The van der Waals surface area contributed by atoms with Crippen LogP contribution in [-0.4, -0.2) is 14.1 Å². The van der Waals surface area contributed by atoms with Crippen LogP contribution in [0.3, 0.4) is 0 Å². The average Bonchev–Trinajstić information content (AvgIpc) is 2.82. The van der Waals surface area contributed by atoms with Crippen molar-refractivity contribution >= 4 is 12.3 Å². The van der Waals surface area contributed by atoms with Crippen molar-refractivity contribution in [3.63, 3.8) is 0 Å². The standard InChI is InChI=1S/C11H8FN3OS/c12-17-15-6-10(5-13)14-11(15)9-3-1-8(7-16)2-4-9/h1-4,6,16H,7H2. The molecule has 1 aromatic heterocycles. The lowest BCUT2D eigenvalue weighted by Crippen LogP contribution is -1.89. The molecule has 6 heteroatoms. The van der Waals surface area contributed by atoms with Crippen LogP contribution in [0.15, 0.2) is 30.5 Å². The fourth-order valence-electron chi connectivity index (χ4n) is 1.42. The van der Waals surface area contributed by atoms with E-state index >= 15 is 0 Å². The van der Waals surface area contributed by atoms with Crippen molar-refractivity contribution in [3.05, 3.63) is 41.7 Å². The van der Waals surface area contributed by atoms with Crippen molar-refractivity contribution < 1.29 is 8.99 Å².